The Hall–Kier alpha value is -2.80. The first-order valence-electron chi connectivity index (χ1n) is 7.86. The Kier molecular flexibility index (Phi) is 5.27. The molecule has 0 radical (unpaired) electrons. The molecule has 134 valence electrons. The van der Waals surface area contributed by atoms with E-state index in [1.807, 2.05) is 30.3 Å². The Labute approximate surface area is 158 Å². The van der Waals surface area contributed by atoms with E-state index in [0.29, 0.717) is 21.5 Å². The van der Waals surface area contributed by atoms with Crippen molar-refractivity contribution < 1.29 is 14.3 Å². The third kappa shape index (κ3) is 3.30. The molecule has 0 spiro atoms. The highest BCUT2D eigenvalue weighted by atomic mass is 79.9. The number of carbonyl (C=O) groups is 1. The van der Waals surface area contributed by atoms with Gasteiger partial charge in [0.25, 0.3) is 5.56 Å². The fourth-order valence-corrected chi connectivity index (χ4v) is 3.19. The van der Waals surface area contributed by atoms with Crippen LogP contribution in [0.3, 0.4) is 0 Å². The Morgan fingerprint density at radius 3 is 2.42 bits per heavy atom. The molecule has 6 nitrogen and oxygen atoms in total. The molecule has 26 heavy (non-hydrogen) atoms. The van der Waals surface area contributed by atoms with Crippen molar-refractivity contribution >= 4 is 21.9 Å². The molecule has 0 aliphatic carbocycles. The molecule has 3 aromatic rings. The molecule has 2 aromatic carbocycles. The van der Waals surface area contributed by atoms with Gasteiger partial charge in [0.15, 0.2) is 0 Å². The minimum Gasteiger partial charge on any atom is -0.486 e. The molecule has 1 heterocycles. The summed E-state index contributed by atoms with van der Waals surface area (Å²) >= 11 is 3.36. The lowest BCUT2D eigenvalue weighted by molar-refractivity contribution is 0.0595. The molecular formula is C19H17BrN2O4. The van der Waals surface area contributed by atoms with Crippen molar-refractivity contribution in [1.82, 2.24) is 9.36 Å². The quantitative estimate of drug-likeness (QED) is 0.598. The van der Waals surface area contributed by atoms with Crippen LogP contribution in [0.4, 0.5) is 0 Å². The van der Waals surface area contributed by atoms with Crippen molar-refractivity contribution in [2.45, 2.75) is 6.61 Å². The second-order valence-electron chi connectivity index (χ2n) is 5.51. The summed E-state index contributed by atoms with van der Waals surface area (Å²) in [6.07, 6.45) is 0. The van der Waals surface area contributed by atoms with E-state index in [1.165, 1.54) is 7.11 Å². The Bertz CT molecular complexity index is 993. The van der Waals surface area contributed by atoms with Crippen LogP contribution < -0.4 is 10.3 Å². The number of esters is 1. The molecule has 0 unspecified atom stereocenters. The van der Waals surface area contributed by atoms with Gasteiger partial charge in [-0.1, -0.05) is 30.3 Å². The summed E-state index contributed by atoms with van der Waals surface area (Å²) in [5, 5.41) is 0. The van der Waals surface area contributed by atoms with Crippen LogP contribution in [-0.4, -0.2) is 22.4 Å². The molecule has 0 bridgehead atoms. The first kappa shape index (κ1) is 18.0. The molecule has 0 aliphatic rings. The first-order chi connectivity index (χ1) is 12.5. The Morgan fingerprint density at radius 1 is 1.08 bits per heavy atom. The monoisotopic (exact) mass is 416 g/mol. The summed E-state index contributed by atoms with van der Waals surface area (Å²) in [6.45, 7) is 0.111. The zero-order chi connectivity index (χ0) is 18.7. The largest absolute Gasteiger partial charge is 0.486 e. The van der Waals surface area contributed by atoms with Crippen molar-refractivity contribution in [3.63, 3.8) is 0 Å². The maximum Gasteiger partial charge on any atom is 0.341 e. The molecular weight excluding hydrogens is 400 g/mol. The third-order valence-electron chi connectivity index (χ3n) is 3.98. The van der Waals surface area contributed by atoms with E-state index < -0.39 is 5.97 Å². The Balaban J connectivity index is 1.94. The molecule has 0 aliphatic heterocycles. The van der Waals surface area contributed by atoms with E-state index in [1.54, 1.807) is 40.7 Å². The standard InChI is InChI=1S/C19H17BrN2O4/c1-21-15(12-26-16-11-7-6-10-14(16)19(24)25-2)17(20)18(23)22(21)13-8-4-3-5-9-13/h3-11H,12H2,1-2H3. The number of ether oxygens (including phenoxy) is 2. The van der Waals surface area contributed by atoms with Crippen LogP contribution in [0, 0.1) is 0 Å². The van der Waals surface area contributed by atoms with Crippen molar-refractivity contribution in [3.8, 4) is 11.4 Å². The Morgan fingerprint density at radius 2 is 1.73 bits per heavy atom. The number of hydrogen-bond donors (Lipinski definition) is 0. The molecule has 0 fully saturated rings. The van der Waals surface area contributed by atoms with Gasteiger partial charge in [0.1, 0.15) is 22.4 Å². The van der Waals surface area contributed by atoms with Crippen LogP contribution in [0.2, 0.25) is 0 Å². The first-order valence-corrected chi connectivity index (χ1v) is 8.66. The number of halogens is 1. The molecule has 7 heteroatoms. The van der Waals surface area contributed by atoms with Gasteiger partial charge in [-0.2, -0.15) is 0 Å². The smallest absolute Gasteiger partial charge is 0.341 e. The molecule has 3 rings (SSSR count). The average Bonchev–Trinajstić information content (AvgIpc) is 2.89. The van der Waals surface area contributed by atoms with E-state index in [2.05, 4.69) is 15.9 Å². The van der Waals surface area contributed by atoms with Gasteiger partial charge < -0.3 is 9.47 Å². The SMILES string of the molecule is COC(=O)c1ccccc1OCc1c(Br)c(=O)n(-c2ccccc2)n1C. The zero-order valence-electron chi connectivity index (χ0n) is 14.3. The predicted octanol–water partition coefficient (Wildman–Crippen LogP) is 3.30. The van der Waals surface area contributed by atoms with Crippen LogP contribution in [-0.2, 0) is 18.4 Å². The number of para-hydroxylation sites is 2. The number of nitrogens with zero attached hydrogens (tertiary/aromatic N) is 2. The van der Waals surface area contributed by atoms with Crippen LogP contribution in [0.15, 0.2) is 63.9 Å². The van der Waals surface area contributed by atoms with Gasteiger partial charge in [-0.25, -0.2) is 9.48 Å². The molecule has 0 atom stereocenters. The van der Waals surface area contributed by atoms with Gasteiger partial charge in [0.05, 0.1) is 18.5 Å². The lowest BCUT2D eigenvalue weighted by atomic mass is 10.2. The lowest BCUT2D eigenvalue weighted by Gasteiger charge is -2.12. The van der Waals surface area contributed by atoms with Crippen molar-refractivity contribution in [2.75, 3.05) is 7.11 Å². The maximum absolute atomic E-state index is 12.6. The topological polar surface area (TPSA) is 62.5 Å². The molecule has 1 aromatic heterocycles. The van der Waals surface area contributed by atoms with Gasteiger partial charge in [-0.3, -0.25) is 9.48 Å². The summed E-state index contributed by atoms with van der Waals surface area (Å²) < 4.78 is 14.3. The number of benzene rings is 2. The average molecular weight is 417 g/mol. The van der Waals surface area contributed by atoms with E-state index in [0.717, 1.165) is 5.69 Å². The summed E-state index contributed by atoms with van der Waals surface area (Å²) in [6, 6.07) is 16.1. The number of hydrogen-bond acceptors (Lipinski definition) is 4. The maximum atomic E-state index is 12.6. The highest BCUT2D eigenvalue weighted by Gasteiger charge is 2.19. The van der Waals surface area contributed by atoms with E-state index in [9.17, 15) is 9.59 Å². The molecule has 0 saturated heterocycles. The second kappa shape index (κ2) is 7.61. The van der Waals surface area contributed by atoms with Crippen LogP contribution >= 0.6 is 15.9 Å². The second-order valence-corrected chi connectivity index (χ2v) is 6.31. The van der Waals surface area contributed by atoms with E-state index in [-0.39, 0.29) is 12.2 Å². The fourth-order valence-electron chi connectivity index (χ4n) is 2.65. The van der Waals surface area contributed by atoms with Crippen LogP contribution in [0.5, 0.6) is 5.75 Å². The summed E-state index contributed by atoms with van der Waals surface area (Å²) in [4.78, 5) is 24.5. The van der Waals surface area contributed by atoms with Crippen LogP contribution in [0.1, 0.15) is 16.1 Å². The molecule has 0 amide bonds. The summed E-state index contributed by atoms with van der Waals surface area (Å²) in [5.41, 5.74) is 1.55. The third-order valence-corrected chi connectivity index (χ3v) is 4.78. The number of aromatic nitrogens is 2. The fraction of sp³-hybridized carbons (Fsp3) is 0.158. The number of carbonyl (C=O) groups excluding carboxylic acids is 1. The minimum absolute atomic E-state index is 0.111. The number of rotatable bonds is 5. The predicted molar refractivity (Wildman–Crippen MR) is 101 cm³/mol. The van der Waals surface area contributed by atoms with Gasteiger partial charge in [-0.05, 0) is 40.2 Å². The van der Waals surface area contributed by atoms with Gasteiger partial charge in [-0.15, -0.1) is 0 Å². The van der Waals surface area contributed by atoms with Crippen LogP contribution in [0.25, 0.3) is 5.69 Å². The highest BCUT2D eigenvalue weighted by molar-refractivity contribution is 9.10. The van der Waals surface area contributed by atoms with Crippen molar-refractivity contribution in [2.24, 2.45) is 7.05 Å². The molecule has 0 saturated carbocycles. The van der Waals surface area contributed by atoms with Gasteiger partial charge in [0, 0.05) is 7.05 Å². The lowest BCUT2D eigenvalue weighted by Crippen LogP contribution is -2.20. The number of methoxy groups -OCH3 is 1. The normalized spacial score (nSPS) is 10.6. The molecule has 0 N–H and O–H groups in total. The summed E-state index contributed by atoms with van der Waals surface area (Å²) in [5.74, 6) is -0.0819. The minimum atomic E-state index is -0.476. The van der Waals surface area contributed by atoms with Crippen molar-refractivity contribution in [3.05, 3.63) is 80.7 Å². The van der Waals surface area contributed by atoms with Crippen molar-refractivity contribution in [1.29, 1.82) is 0 Å². The van der Waals surface area contributed by atoms with Gasteiger partial charge in [0.2, 0.25) is 0 Å². The van der Waals surface area contributed by atoms with E-state index in [4.69, 9.17) is 9.47 Å². The van der Waals surface area contributed by atoms with E-state index >= 15 is 0 Å². The summed E-state index contributed by atoms with van der Waals surface area (Å²) in [7, 11) is 3.10. The van der Waals surface area contributed by atoms with Gasteiger partial charge >= 0.3 is 5.97 Å². The highest BCUT2D eigenvalue weighted by Crippen LogP contribution is 2.22. The zero-order valence-corrected chi connectivity index (χ0v) is 15.9.